The van der Waals surface area contributed by atoms with Gasteiger partial charge in [-0.2, -0.15) is 0 Å². The Morgan fingerprint density at radius 1 is 1.44 bits per heavy atom. The highest BCUT2D eigenvalue weighted by molar-refractivity contribution is 5.93. The molecule has 0 bridgehead atoms. The van der Waals surface area contributed by atoms with Crippen molar-refractivity contribution >= 4 is 11.9 Å². The van der Waals surface area contributed by atoms with Gasteiger partial charge in [0.2, 0.25) is 5.91 Å². The lowest BCUT2D eigenvalue weighted by Crippen LogP contribution is -2.42. The zero-order valence-electron chi connectivity index (χ0n) is 9.30. The zero-order valence-corrected chi connectivity index (χ0v) is 9.30. The molecule has 0 spiro atoms. The van der Waals surface area contributed by atoms with Crippen molar-refractivity contribution in [2.45, 2.75) is 25.9 Å². The summed E-state index contributed by atoms with van der Waals surface area (Å²) in [5, 5.41) is 17.8. The fraction of sp³-hybridized carbons (Fsp3) is 0.636. The van der Waals surface area contributed by atoms with Gasteiger partial charge in [-0.3, -0.25) is 4.79 Å². The van der Waals surface area contributed by atoms with Crippen LogP contribution in [0.4, 0.5) is 0 Å². The maximum atomic E-state index is 11.6. The highest BCUT2D eigenvalue weighted by atomic mass is 16.4. The van der Waals surface area contributed by atoms with E-state index >= 15 is 0 Å². The summed E-state index contributed by atoms with van der Waals surface area (Å²) in [4.78, 5) is 23.4. The molecule has 1 rings (SSSR count). The third-order valence-corrected chi connectivity index (χ3v) is 2.82. The Balaban J connectivity index is 2.53. The smallest absolute Gasteiger partial charge is 0.328 e. The number of aliphatic carboxylic acids is 1. The van der Waals surface area contributed by atoms with Crippen LogP contribution < -0.4 is 0 Å². The van der Waals surface area contributed by atoms with E-state index < -0.39 is 12.1 Å². The van der Waals surface area contributed by atoms with E-state index in [0.29, 0.717) is 13.1 Å². The van der Waals surface area contributed by atoms with Gasteiger partial charge in [-0.15, -0.1) is 0 Å². The Bertz CT molecular complexity index is 298. The number of aliphatic hydroxyl groups excluding tert-OH is 1. The molecule has 0 aromatic rings. The quantitative estimate of drug-likeness (QED) is 0.677. The van der Waals surface area contributed by atoms with Gasteiger partial charge >= 0.3 is 5.97 Å². The topological polar surface area (TPSA) is 77.8 Å². The van der Waals surface area contributed by atoms with Crippen molar-refractivity contribution < 1.29 is 19.8 Å². The van der Waals surface area contributed by atoms with Crippen molar-refractivity contribution in [3.05, 3.63) is 12.2 Å². The predicted octanol–water partition coefficient (Wildman–Crippen LogP) is 0.247. The van der Waals surface area contributed by atoms with E-state index in [9.17, 15) is 14.7 Å². The number of hydrogen-bond donors (Lipinski definition) is 2. The first-order chi connectivity index (χ1) is 7.50. The van der Waals surface area contributed by atoms with Crippen LogP contribution in [-0.4, -0.2) is 46.2 Å². The number of hydrogen-bond acceptors (Lipinski definition) is 3. The van der Waals surface area contributed by atoms with Crippen molar-refractivity contribution in [3.63, 3.8) is 0 Å². The Labute approximate surface area is 94.4 Å². The number of nitrogens with zero attached hydrogens (tertiary/aromatic N) is 1. The molecule has 16 heavy (non-hydrogen) atoms. The summed E-state index contributed by atoms with van der Waals surface area (Å²) in [6.07, 6.45) is 3.23. The lowest BCUT2D eigenvalue weighted by molar-refractivity contribution is -0.133. The second kappa shape index (κ2) is 5.65. The SMILES string of the molecule is C[C@H](O)[C@@H]1CCCN(C(=O)/C=C/C(=O)O)C1. The molecule has 1 heterocycles. The van der Waals surface area contributed by atoms with Crippen LogP contribution in [0.1, 0.15) is 19.8 Å². The molecule has 1 saturated heterocycles. The van der Waals surface area contributed by atoms with Crippen molar-refractivity contribution in [2.24, 2.45) is 5.92 Å². The minimum Gasteiger partial charge on any atom is -0.478 e. The van der Waals surface area contributed by atoms with Gasteiger partial charge in [0.25, 0.3) is 0 Å². The molecule has 1 aliphatic rings. The van der Waals surface area contributed by atoms with Gasteiger partial charge in [0.1, 0.15) is 0 Å². The van der Waals surface area contributed by atoms with E-state index in [0.717, 1.165) is 25.0 Å². The molecule has 0 unspecified atom stereocenters. The number of carboxylic acids is 1. The zero-order chi connectivity index (χ0) is 12.1. The third kappa shape index (κ3) is 3.66. The van der Waals surface area contributed by atoms with Gasteiger partial charge in [-0.05, 0) is 19.8 Å². The predicted molar refractivity (Wildman–Crippen MR) is 57.8 cm³/mol. The van der Waals surface area contributed by atoms with Crippen molar-refractivity contribution in [2.75, 3.05) is 13.1 Å². The van der Waals surface area contributed by atoms with Gasteiger partial charge in [-0.1, -0.05) is 0 Å². The number of carbonyl (C=O) groups excluding carboxylic acids is 1. The normalized spacial score (nSPS) is 23.4. The minimum absolute atomic E-state index is 0.0935. The van der Waals surface area contributed by atoms with Gasteiger partial charge in [0.15, 0.2) is 0 Å². The van der Waals surface area contributed by atoms with Crippen LogP contribution in [0, 0.1) is 5.92 Å². The standard InChI is InChI=1S/C11H17NO4/c1-8(13)9-3-2-6-12(7-9)10(14)4-5-11(15)16/h4-5,8-9,13H,2-3,6-7H2,1H3,(H,15,16)/b5-4+/t8-,9+/m0/s1. The second-order valence-corrected chi connectivity index (χ2v) is 4.10. The number of aliphatic hydroxyl groups is 1. The Morgan fingerprint density at radius 2 is 2.12 bits per heavy atom. The van der Waals surface area contributed by atoms with E-state index in [4.69, 9.17) is 5.11 Å². The first kappa shape index (κ1) is 12.7. The van der Waals surface area contributed by atoms with E-state index in [2.05, 4.69) is 0 Å². The molecular formula is C11H17NO4. The number of carboxylic acid groups (broad SMARTS) is 1. The molecule has 0 aromatic carbocycles. The number of carbonyl (C=O) groups is 2. The van der Waals surface area contributed by atoms with E-state index in [1.807, 2.05) is 0 Å². The molecule has 0 radical (unpaired) electrons. The average molecular weight is 227 g/mol. The third-order valence-electron chi connectivity index (χ3n) is 2.82. The minimum atomic E-state index is -1.13. The Kier molecular flexibility index (Phi) is 4.49. The highest BCUT2D eigenvalue weighted by Gasteiger charge is 2.25. The van der Waals surface area contributed by atoms with Crippen LogP contribution in [0.3, 0.4) is 0 Å². The molecular weight excluding hydrogens is 210 g/mol. The molecule has 1 aliphatic heterocycles. The second-order valence-electron chi connectivity index (χ2n) is 4.10. The summed E-state index contributed by atoms with van der Waals surface area (Å²) < 4.78 is 0. The Hall–Kier alpha value is -1.36. The largest absolute Gasteiger partial charge is 0.478 e. The molecule has 5 nitrogen and oxygen atoms in total. The van der Waals surface area contributed by atoms with Crippen molar-refractivity contribution in [3.8, 4) is 0 Å². The molecule has 0 aromatic heterocycles. The van der Waals surface area contributed by atoms with E-state index in [-0.39, 0.29) is 11.8 Å². The lowest BCUT2D eigenvalue weighted by atomic mass is 9.93. The van der Waals surface area contributed by atoms with Crippen LogP contribution in [0.15, 0.2) is 12.2 Å². The van der Waals surface area contributed by atoms with Crippen molar-refractivity contribution in [1.29, 1.82) is 0 Å². The van der Waals surface area contributed by atoms with Gasteiger partial charge in [-0.25, -0.2) is 4.79 Å². The van der Waals surface area contributed by atoms with Crippen LogP contribution in [0.2, 0.25) is 0 Å². The van der Waals surface area contributed by atoms with E-state index in [1.165, 1.54) is 0 Å². The first-order valence-electron chi connectivity index (χ1n) is 5.38. The number of likely N-dealkylation sites (tertiary alicyclic amines) is 1. The Morgan fingerprint density at radius 3 is 2.69 bits per heavy atom. The number of rotatable bonds is 3. The number of piperidine rings is 1. The van der Waals surface area contributed by atoms with Gasteiger partial charge in [0.05, 0.1) is 6.10 Å². The first-order valence-corrected chi connectivity index (χ1v) is 5.38. The van der Waals surface area contributed by atoms with E-state index in [1.54, 1.807) is 11.8 Å². The van der Waals surface area contributed by atoms with Crippen LogP contribution in [0.5, 0.6) is 0 Å². The molecule has 2 atom stereocenters. The molecule has 2 N–H and O–H groups in total. The highest BCUT2D eigenvalue weighted by Crippen LogP contribution is 2.19. The van der Waals surface area contributed by atoms with Crippen LogP contribution >= 0.6 is 0 Å². The summed E-state index contributed by atoms with van der Waals surface area (Å²) in [5.41, 5.74) is 0. The summed E-state index contributed by atoms with van der Waals surface area (Å²) in [6, 6.07) is 0. The van der Waals surface area contributed by atoms with Crippen LogP contribution in [-0.2, 0) is 9.59 Å². The van der Waals surface area contributed by atoms with Gasteiger partial charge in [0, 0.05) is 31.2 Å². The summed E-state index contributed by atoms with van der Waals surface area (Å²) in [7, 11) is 0. The van der Waals surface area contributed by atoms with Crippen LogP contribution in [0.25, 0.3) is 0 Å². The maximum absolute atomic E-state index is 11.6. The molecule has 90 valence electrons. The number of amides is 1. The molecule has 1 amide bonds. The lowest BCUT2D eigenvalue weighted by Gasteiger charge is -2.33. The monoisotopic (exact) mass is 227 g/mol. The molecule has 1 fully saturated rings. The fourth-order valence-electron chi connectivity index (χ4n) is 1.85. The summed E-state index contributed by atoms with van der Waals surface area (Å²) >= 11 is 0. The molecule has 0 saturated carbocycles. The summed E-state index contributed by atoms with van der Waals surface area (Å²) in [5.74, 6) is -1.33. The molecule has 5 heteroatoms. The fourth-order valence-corrected chi connectivity index (χ4v) is 1.85. The van der Waals surface area contributed by atoms with Gasteiger partial charge < -0.3 is 15.1 Å². The summed E-state index contributed by atoms with van der Waals surface area (Å²) in [6.45, 7) is 2.85. The average Bonchev–Trinajstić information content (AvgIpc) is 2.26. The molecule has 0 aliphatic carbocycles. The maximum Gasteiger partial charge on any atom is 0.328 e. The van der Waals surface area contributed by atoms with Crippen molar-refractivity contribution in [1.82, 2.24) is 4.90 Å².